The summed E-state index contributed by atoms with van der Waals surface area (Å²) in [5.74, 6) is 2.48. The average molecular weight is 278 g/mol. The van der Waals surface area contributed by atoms with E-state index in [4.69, 9.17) is 5.73 Å². The second kappa shape index (κ2) is 5.25. The Kier molecular flexibility index (Phi) is 3.63. The zero-order valence-electron chi connectivity index (χ0n) is 11.4. The molecular weight excluding hydrogens is 256 g/mol. The van der Waals surface area contributed by atoms with Crippen LogP contribution in [0.5, 0.6) is 0 Å². The SMILES string of the molecule is CC(NCc1cc(C(N)=O)cs1)C1CC2CCC1C2. The van der Waals surface area contributed by atoms with Crippen LogP contribution in [0.15, 0.2) is 11.4 Å². The summed E-state index contributed by atoms with van der Waals surface area (Å²) in [5, 5.41) is 5.49. The predicted octanol–water partition coefficient (Wildman–Crippen LogP) is 2.76. The van der Waals surface area contributed by atoms with Gasteiger partial charge in [-0.3, -0.25) is 4.79 Å². The van der Waals surface area contributed by atoms with Crippen molar-refractivity contribution in [2.45, 2.75) is 45.2 Å². The van der Waals surface area contributed by atoms with Crippen molar-refractivity contribution in [2.75, 3.05) is 0 Å². The Bertz CT molecular complexity index is 470. The molecule has 2 fully saturated rings. The number of carbonyl (C=O) groups excluding carboxylic acids is 1. The Morgan fingerprint density at radius 3 is 2.95 bits per heavy atom. The number of nitrogens with one attached hydrogen (secondary N) is 1. The van der Waals surface area contributed by atoms with Crippen LogP contribution in [-0.4, -0.2) is 11.9 Å². The minimum absolute atomic E-state index is 0.330. The summed E-state index contributed by atoms with van der Waals surface area (Å²) in [6.45, 7) is 3.17. The molecular formula is C15H22N2OS. The van der Waals surface area contributed by atoms with Crippen molar-refractivity contribution in [2.24, 2.45) is 23.5 Å². The lowest BCUT2D eigenvalue weighted by Gasteiger charge is -2.28. The van der Waals surface area contributed by atoms with Crippen molar-refractivity contribution in [3.05, 3.63) is 21.9 Å². The molecule has 3 N–H and O–H groups in total. The number of hydrogen-bond donors (Lipinski definition) is 2. The highest BCUT2D eigenvalue weighted by Gasteiger charge is 2.41. The highest BCUT2D eigenvalue weighted by molar-refractivity contribution is 7.10. The van der Waals surface area contributed by atoms with Gasteiger partial charge in [-0.1, -0.05) is 6.42 Å². The molecule has 2 saturated carbocycles. The maximum absolute atomic E-state index is 11.1. The van der Waals surface area contributed by atoms with E-state index in [2.05, 4.69) is 12.2 Å². The quantitative estimate of drug-likeness (QED) is 0.870. The van der Waals surface area contributed by atoms with E-state index >= 15 is 0 Å². The summed E-state index contributed by atoms with van der Waals surface area (Å²) in [7, 11) is 0. The second-order valence-corrected chi connectivity index (χ2v) is 7.17. The normalized spacial score (nSPS) is 30.7. The Morgan fingerprint density at radius 1 is 1.53 bits per heavy atom. The molecule has 2 aliphatic rings. The van der Waals surface area contributed by atoms with Crippen LogP contribution < -0.4 is 11.1 Å². The molecule has 4 unspecified atom stereocenters. The van der Waals surface area contributed by atoms with E-state index in [1.807, 2.05) is 11.4 Å². The van der Waals surface area contributed by atoms with Gasteiger partial charge in [-0.25, -0.2) is 0 Å². The highest BCUT2D eigenvalue weighted by Crippen LogP contribution is 2.49. The van der Waals surface area contributed by atoms with E-state index in [1.54, 1.807) is 11.3 Å². The van der Waals surface area contributed by atoms with Gasteiger partial charge in [0.2, 0.25) is 5.91 Å². The van der Waals surface area contributed by atoms with Gasteiger partial charge in [0, 0.05) is 22.8 Å². The summed E-state index contributed by atoms with van der Waals surface area (Å²) in [6.07, 6.45) is 5.77. The first-order valence-corrected chi connectivity index (χ1v) is 8.12. The van der Waals surface area contributed by atoms with Crippen molar-refractivity contribution >= 4 is 17.2 Å². The van der Waals surface area contributed by atoms with Crippen molar-refractivity contribution in [1.82, 2.24) is 5.32 Å². The molecule has 0 radical (unpaired) electrons. The maximum Gasteiger partial charge on any atom is 0.249 e. The van der Waals surface area contributed by atoms with Crippen molar-refractivity contribution in [3.8, 4) is 0 Å². The molecule has 104 valence electrons. The third-order valence-electron chi connectivity index (χ3n) is 4.97. The number of rotatable bonds is 5. The van der Waals surface area contributed by atoms with Gasteiger partial charge < -0.3 is 11.1 Å². The van der Waals surface area contributed by atoms with Crippen molar-refractivity contribution in [1.29, 1.82) is 0 Å². The van der Waals surface area contributed by atoms with Gasteiger partial charge in [-0.2, -0.15) is 0 Å². The molecule has 4 heteroatoms. The molecule has 2 bridgehead atoms. The summed E-state index contributed by atoms with van der Waals surface area (Å²) in [4.78, 5) is 12.3. The molecule has 1 amide bonds. The molecule has 0 spiro atoms. The monoisotopic (exact) mass is 278 g/mol. The van der Waals surface area contributed by atoms with E-state index in [0.29, 0.717) is 11.6 Å². The van der Waals surface area contributed by atoms with Gasteiger partial charge in [0.1, 0.15) is 0 Å². The maximum atomic E-state index is 11.1. The zero-order valence-corrected chi connectivity index (χ0v) is 12.2. The van der Waals surface area contributed by atoms with Gasteiger partial charge in [0.15, 0.2) is 0 Å². The standard InChI is InChI=1S/C15H22N2OS/c1-9(14-5-10-2-3-11(14)4-10)17-7-13-6-12(8-19-13)15(16)18/h6,8-11,14,17H,2-5,7H2,1H3,(H2,16,18). The molecule has 1 aromatic heterocycles. The van der Waals surface area contributed by atoms with Crippen LogP contribution in [0, 0.1) is 17.8 Å². The topological polar surface area (TPSA) is 55.1 Å². The lowest BCUT2D eigenvalue weighted by atomic mass is 9.84. The smallest absolute Gasteiger partial charge is 0.249 e. The number of hydrogen-bond acceptors (Lipinski definition) is 3. The Balaban J connectivity index is 1.52. The number of nitrogens with two attached hydrogens (primary N) is 1. The first-order chi connectivity index (χ1) is 9.13. The van der Waals surface area contributed by atoms with Crippen LogP contribution in [0.25, 0.3) is 0 Å². The van der Waals surface area contributed by atoms with Crippen LogP contribution in [0.2, 0.25) is 0 Å². The van der Waals surface area contributed by atoms with E-state index in [1.165, 1.54) is 30.6 Å². The third-order valence-corrected chi connectivity index (χ3v) is 5.91. The number of thiophene rings is 1. The van der Waals surface area contributed by atoms with Gasteiger partial charge in [0.25, 0.3) is 0 Å². The number of carbonyl (C=O) groups is 1. The fraction of sp³-hybridized carbons (Fsp3) is 0.667. The Morgan fingerprint density at radius 2 is 2.37 bits per heavy atom. The minimum Gasteiger partial charge on any atom is -0.366 e. The predicted molar refractivity (Wildman–Crippen MR) is 78.1 cm³/mol. The average Bonchev–Trinajstić information content (AvgIpc) is 3.11. The fourth-order valence-corrected chi connectivity index (χ4v) is 4.75. The summed E-state index contributed by atoms with van der Waals surface area (Å²) in [5.41, 5.74) is 5.90. The number of primary amides is 1. The van der Waals surface area contributed by atoms with Crippen LogP contribution in [0.1, 0.15) is 47.8 Å². The molecule has 3 rings (SSSR count). The lowest BCUT2D eigenvalue weighted by molar-refractivity contribution is 0.100. The van der Waals surface area contributed by atoms with Gasteiger partial charge in [-0.15, -0.1) is 11.3 Å². The molecule has 1 heterocycles. The van der Waals surface area contributed by atoms with Crippen LogP contribution in [0.3, 0.4) is 0 Å². The first-order valence-electron chi connectivity index (χ1n) is 7.24. The van der Waals surface area contributed by atoms with Crippen LogP contribution in [-0.2, 0) is 6.54 Å². The molecule has 1 aromatic rings. The largest absolute Gasteiger partial charge is 0.366 e. The van der Waals surface area contributed by atoms with Crippen LogP contribution in [0.4, 0.5) is 0 Å². The first kappa shape index (κ1) is 13.1. The second-order valence-electron chi connectivity index (χ2n) is 6.17. The van der Waals surface area contributed by atoms with Crippen molar-refractivity contribution in [3.63, 3.8) is 0 Å². The van der Waals surface area contributed by atoms with Gasteiger partial charge in [0.05, 0.1) is 5.56 Å². The molecule has 4 atom stereocenters. The number of amides is 1. The lowest BCUT2D eigenvalue weighted by Crippen LogP contribution is -2.35. The van der Waals surface area contributed by atoms with E-state index < -0.39 is 0 Å². The summed E-state index contributed by atoms with van der Waals surface area (Å²) >= 11 is 1.61. The highest BCUT2D eigenvalue weighted by atomic mass is 32.1. The van der Waals surface area contributed by atoms with Crippen molar-refractivity contribution < 1.29 is 4.79 Å². The fourth-order valence-electron chi connectivity index (χ4n) is 3.92. The van der Waals surface area contributed by atoms with Gasteiger partial charge >= 0.3 is 0 Å². The van der Waals surface area contributed by atoms with Crippen LogP contribution >= 0.6 is 11.3 Å². The third kappa shape index (κ3) is 2.70. The van der Waals surface area contributed by atoms with E-state index in [0.717, 1.165) is 24.3 Å². The Labute approximate surface area is 118 Å². The summed E-state index contributed by atoms with van der Waals surface area (Å²) in [6, 6.07) is 2.49. The van der Waals surface area contributed by atoms with Gasteiger partial charge in [-0.05, 0) is 50.0 Å². The number of fused-ring (bicyclic) bond motifs is 2. The zero-order chi connectivity index (χ0) is 13.4. The minimum atomic E-state index is -0.330. The Hall–Kier alpha value is -0.870. The molecule has 0 aliphatic heterocycles. The molecule has 0 aromatic carbocycles. The summed E-state index contributed by atoms with van der Waals surface area (Å²) < 4.78 is 0. The molecule has 2 aliphatic carbocycles. The molecule has 3 nitrogen and oxygen atoms in total. The van der Waals surface area contributed by atoms with E-state index in [9.17, 15) is 4.79 Å². The molecule has 19 heavy (non-hydrogen) atoms. The van der Waals surface area contributed by atoms with E-state index in [-0.39, 0.29) is 5.91 Å². The molecule has 0 saturated heterocycles.